The van der Waals surface area contributed by atoms with Crippen LogP contribution < -0.4 is 5.46 Å². The van der Waals surface area contributed by atoms with Crippen molar-refractivity contribution in [2.75, 3.05) is 0 Å². The summed E-state index contributed by atoms with van der Waals surface area (Å²) >= 11 is 0. The van der Waals surface area contributed by atoms with Gasteiger partial charge in [0.15, 0.2) is 0 Å². The fraction of sp³-hybridized carbons (Fsp3) is 0. The van der Waals surface area contributed by atoms with Crippen molar-refractivity contribution in [1.29, 1.82) is 0 Å². The van der Waals surface area contributed by atoms with Crippen LogP contribution in [-0.4, -0.2) is 32.6 Å². The fourth-order valence-corrected chi connectivity index (χ4v) is 4.48. The standard InChI is InChI=1S/C23H14BN5O4/c24-11-1-6-20-18(7-11)19(10-25-20)23-26-21-14-4-2-12(28(30)31)8-16(14)17-9-13(29(32)33)3-5-15(17)22(21)27-23/h1-10,25H,24H2,(H,26,27). The Hall–Kier alpha value is -4.73. The van der Waals surface area contributed by atoms with E-state index in [1.165, 1.54) is 24.3 Å². The van der Waals surface area contributed by atoms with Crippen LogP contribution in [0.2, 0.25) is 0 Å². The minimum Gasteiger partial charge on any atom is -0.360 e. The lowest BCUT2D eigenvalue weighted by atomic mass is 9.94. The number of hydrogen-bond donors (Lipinski definition) is 2. The Kier molecular flexibility index (Phi) is 3.82. The Balaban J connectivity index is 1.74. The molecule has 0 aliphatic carbocycles. The smallest absolute Gasteiger partial charge is 0.270 e. The van der Waals surface area contributed by atoms with Crippen molar-refractivity contribution in [2.24, 2.45) is 0 Å². The third kappa shape index (κ3) is 2.77. The van der Waals surface area contributed by atoms with E-state index in [4.69, 9.17) is 4.98 Å². The first-order chi connectivity index (χ1) is 15.9. The summed E-state index contributed by atoms with van der Waals surface area (Å²) in [5.74, 6) is 0.646. The number of nitrogens with one attached hydrogen (secondary N) is 2. The van der Waals surface area contributed by atoms with Crippen LogP contribution in [0.1, 0.15) is 0 Å². The summed E-state index contributed by atoms with van der Waals surface area (Å²) < 4.78 is 0. The van der Waals surface area contributed by atoms with E-state index in [9.17, 15) is 20.2 Å². The predicted octanol–water partition coefficient (Wildman–Crippen LogP) is 4.09. The molecule has 0 radical (unpaired) electrons. The lowest BCUT2D eigenvalue weighted by Crippen LogP contribution is -1.99. The molecule has 158 valence electrons. The zero-order valence-electron chi connectivity index (χ0n) is 17.2. The van der Waals surface area contributed by atoms with Crippen molar-refractivity contribution < 1.29 is 9.85 Å². The summed E-state index contributed by atoms with van der Waals surface area (Å²) in [5, 5.41) is 26.3. The van der Waals surface area contributed by atoms with Gasteiger partial charge < -0.3 is 9.97 Å². The van der Waals surface area contributed by atoms with E-state index < -0.39 is 9.85 Å². The second-order valence-corrected chi connectivity index (χ2v) is 8.03. The van der Waals surface area contributed by atoms with Gasteiger partial charge in [-0.05, 0) is 29.0 Å². The van der Waals surface area contributed by atoms with E-state index in [2.05, 4.69) is 16.0 Å². The van der Waals surface area contributed by atoms with Gasteiger partial charge in [0.2, 0.25) is 0 Å². The summed E-state index contributed by atoms with van der Waals surface area (Å²) in [6, 6.07) is 15.2. The number of nitro groups is 2. The summed E-state index contributed by atoms with van der Waals surface area (Å²) in [6.45, 7) is 0. The van der Waals surface area contributed by atoms with Crippen LogP contribution in [0.15, 0.2) is 60.8 Å². The number of nitro benzene ring substituents is 2. The largest absolute Gasteiger partial charge is 0.360 e. The second kappa shape index (κ2) is 6.63. The highest BCUT2D eigenvalue weighted by atomic mass is 16.6. The Labute approximate surface area is 185 Å². The van der Waals surface area contributed by atoms with Gasteiger partial charge in [-0.3, -0.25) is 20.2 Å². The van der Waals surface area contributed by atoms with Crippen LogP contribution in [-0.2, 0) is 0 Å². The van der Waals surface area contributed by atoms with Gasteiger partial charge in [-0.2, -0.15) is 0 Å². The van der Waals surface area contributed by atoms with Crippen molar-refractivity contribution in [3.8, 4) is 11.4 Å². The average molecular weight is 435 g/mol. The van der Waals surface area contributed by atoms with Gasteiger partial charge >= 0.3 is 0 Å². The highest BCUT2D eigenvalue weighted by Gasteiger charge is 2.19. The number of imidazole rings is 1. The topological polar surface area (TPSA) is 131 Å². The Morgan fingerprint density at radius 2 is 1.45 bits per heavy atom. The van der Waals surface area contributed by atoms with Crippen LogP contribution >= 0.6 is 0 Å². The number of H-pyrrole nitrogens is 2. The normalized spacial score (nSPS) is 11.6. The summed E-state index contributed by atoms with van der Waals surface area (Å²) in [4.78, 5) is 33.4. The molecule has 0 fully saturated rings. The quantitative estimate of drug-likeness (QED) is 0.187. The maximum atomic E-state index is 11.4. The van der Waals surface area contributed by atoms with Gasteiger partial charge in [0.25, 0.3) is 11.4 Å². The van der Waals surface area contributed by atoms with E-state index in [1.54, 1.807) is 12.1 Å². The first-order valence-electron chi connectivity index (χ1n) is 10.2. The molecule has 4 aromatic carbocycles. The van der Waals surface area contributed by atoms with E-state index >= 15 is 0 Å². The SMILES string of the molecule is Bc1ccc2[nH]cc(-c3nc4c5ccc([N+](=O)[O-])cc5c5cc([N+](=O)[O-])ccc5c4[nH]3)c2c1. The lowest BCUT2D eigenvalue weighted by molar-refractivity contribution is -0.385. The highest BCUT2D eigenvalue weighted by Crippen LogP contribution is 2.39. The summed E-state index contributed by atoms with van der Waals surface area (Å²) in [5.41, 5.74) is 4.21. The molecule has 0 spiro atoms. The molecular formula is C23H14BN5O4. The summed E-state index contributed by atoms with van der Waals surface area (Å²) in [6.07, 6.45) is 1.89. The molecule has 10 heteroatoms. The molecule has 2 aromatic heterocycles. The van der Waals surface area contributed by atoms with Gasteiger partial charge in [0.1, 0.15) is 13.7 Å². The fourth-order valence-electron chi connectivity index (χ4n) is 4.48. The molecule has 0 unspecified atom stereocenters. The summed E-state index contributed by atoms with van der Waals surface area (Å²) in [7, 11) is 2.02. The molecule has 6 aromatic rings. The molecule has 9 nitrogen and oxygen atoms in total. The number of nitrogens with zero attached hydrogens (tertiary/aromatic N) is 3. The van der Waals surface area contributed by atoms with Gasteiger partial charge in [-0.1, -0.05) is 17.6 Å². The van der Waals surface area contributed by atoms with Crippen LogP contribution in [0, 0.1) is 20.2 Å². The van der Waals surface area contributed by atoms with Gasteiger partial charge in [-0.15, -0.1) is 0 Å². The number of benzene rings is 4. The molecule has 0 amide bonds. The number of aromatic nitrogens is 3. The minimum atomic E-state index is -0.475. The third-order valence-electron chi connectivity index (χ3n) is 6.04. The maximum Gasteiger partial charge on any atom is 0.270 e. The molecule has 33 heavy (non-hydrogen) atoms. The number of fused-ring (bicyclic) bond motifs is 7. The predicted molar refractivity (Wildman–Crippen MR) is 130 cm³/mol. The van der Waals surface area contributed by atoms with Crippen molar-refractivity contribution in [3.05, 3.63) is 81.0 Å². The van der Waals surface area contributed by atoms with Crippen molar-refractivity contribution in [2.45, 2.75) is 0 Å². The highest BCUT2D eigenvalue weighted by molar-refractivity contribution is 6.33. The lowest BCUT2D eigenvalue weighted by Gasteiger charge is -2.06. The molecule has 2 N–H and O–H groups in total. The minimum absolute atomic E-state index is 0.0819. The van der Waals surface area contributed by atoms with Gasteiger partial charge in [-0.25, -0.2) is 4.98 Å². The Morgan fingerprint density at radius 3 is 2.15 bits per heavy atom. The Morgan fingerprint density at radius 1 is 0.788 bits per heavy atom. The van der Waals surface area contributed by atoms with Crippen molar-refractivity contribution >= 4 is 68.2 Å². The number of rotatable bonds is 3. The zero-order chi connectivity index (χ0) is 22.9. The van der Waals surface area contributed by atoms with Crippen molar-refractivity contribution in [1.82, 2.24) is 15.0 Å². The molecule has 0 saturated carbocycles. The molecule has 0 saturated heterocycles. The molecule has 0 aliphatic rings. The van der Waals surface area contributed by atoms with Gasteiger partial charge in [0, 0.05) is 57.7 Å². The third-order valence-corrected chi connectivity index (χ3v) is 6.04. The molecule has 2 heterocycles. The van der Waals surface area contributed by atoms with Crippen LogP contribution in [0.25, 0.3) is 54.9 Å². The molecule has 6 rings (SSSR count). The zero-order valence-corrected chi connectivity index (χ0v) is 17.2. The first-order valence-corrected chi connectivity index (χ1v) is 10.2. The van der Waals surface area contributed by atoms with E-state index in [-0.39, 0.29) is 11.4 Å². The van der Waals surface area contributed by atoms with Crippen LogP contribution in [0.3, 0.4) is 0 Å². The average Bonchev–Trinajstić information content (AvgIpc) is 3.42. The number of hydrogen-bond acceptors (Lipinski definition) is 5. The van der Waals surface area contributed by atoms with E-state index in [0.717, 1.165) is 27.4 Å². The van der Waals surface area contributed by atoms with Crippen molar-refractivity contribution in [3.63, 3.8) is 0 Å². The number of non-ortho nitro benzene ring substituents is 2. The number of aromatic amines is 2. The molecule has 0 atom stereocenters. The Bertz CT molecular complexity index is 1710. The maximum absolute atomic E-state index is 11.4. The van der Waals surface area contributed by atoms with E-state index in [1.807, 2.05) is 26.2 Å². The molecule has 0 aliphatic heterocycles. The first kappa shape index (κ1) is 19.0. The molecule has 0 bridgehead atoms. The van der Waals surface area contributed by atoms with Crippen LogP contribution in [0.4, 0.5) is 11.4 Å². The second-order valence-electron chi connectivity index (χ2n) is 8.03. The van der Waals surface area contributed by atoms with Gasteiger partial charge in [0.05, 0.1) is 20.9 Å². The molecular weight excluding hydrogens is 421 g/mol. The monoisotopic (exact) mass is 435 g/mol. The van der Waals surface area contributed by atoms with E-state index in [0.29, 0.717) is 32.9 Å². The van der Waals surface area contributed by atoms with Crippen LogP contribution in [0.5, 0.6) is 0 Å².